The topological polar surface area (TPSA) is 94.0 Å². The van der Waals surface area contributed by atoms with Crippen molar-refractivity contribution in [2.24, 2.45) is 0 Å². The lowest BCUT2D eigenvalue weighted by Gasteiger charge is -2.16. The minimum atomic E-state index is -3.05. The van der Waals surface area contributed by atoms with Crippen LogP contribution >= 0.6 is 11.8 Å². The Balaban J connectivity index is 1.60. The van der Waals surface area contributed by atoms with Crippen LogP contribution in [0.2, 0.25) is 0 Å². The number of hydrogen-bond acceptors (Lipinski definition) is 6. The smallest absolute Gasteiger partial charge is 0.233 e. The summed E-state index contributed by atoms with van der Waals surface area (Å²) in [5.41, 5.74) is 2.98. The molecule has 7 nitrogen and oxygen atoms in total. The third kappa shape index (κ3) is 4.99. The van der Waals surface area contributed by atoms with Crippen LogP contribution in [0.25, 0.3) is 17.1 Å². The maximum absolute atomic E-state index is 12.7. The van der Waals surface area contributed by atoms with Crippen molar-refractivity contribution in [3.8, 4) is 17.1 Å². The zero-order chi connectivity index (χ0) is 22.0. The van der Waals surface area contributed by atoms with Gasteiger partial charge in [-0.15, -0.1) is 10.2 Å². The molecular formula is C22H24N4O3S2. The van der Waals surface area contributed by atoms with Crippen LogP contribution in [-0.2, 0) is 14.6 Å². The van der Waals surface area contributed by atoms with Gasteiger partial charge in [0.05, 0.1) is 16.8 Å². The highest BCUT2D eigenvalue weighted by molar-refractivity contribution is 8.00. The fourth-order valence-electron chi connectivity index (χ4n) is 3.49. The first-order valence-electron chi connectivity index (χ1n) is 10.1. The molecule has 0 saturated carbocycles. The minimum absolute atomic E-state index is 0.00777. The molecule has 4 rings (SSSR count). The summed E-state index contributed by atoms with van der Waals surface area (Å²) < 4.78 is 25.3. The van der Waals surface area contributed by atoms with Crippen molar-refractivity contribution in [2.75, 3.05) is 11.5 Å². The third-order valence-corrected chi connectivity index (χ3v) is 8.00. The molecule has 1 aliphatic heterocycles. The summed E-state index contributed by atoms with van der Waals surface area (Å²) in [5.74, 6) is 0.628. The molecule has 1 aliphatic rings. The second kappa shape index (κ2) is 8.84. The van der Waals surface area contributed by atoms with Crippen LogP contribution in [-0.4, -0.2) is 51.9 Å². The maximum atomic E-state index is 12.7. The fraction of sp³-hybridized carbons (Fsp3) is 0.318. The first kappa shape index (κ1) is 21.6. The number of nitrogens with zero attached hydrogens (tertiary/aromatic N) is 3. The Morgan fingerprint density at radius 2 is 1.84 bits per heavy atom. The number of aryl methyl sites for hydroxylation is 1. The highest BCUT2D eigenvalue weighted by Crippen LogP contribution is 2.30. The van der Waals surface area contributed by atoms with Gasteiger partial charge in [-0.25, -0.2) is 8.42 Å². The van der Waals surface area contributed by atoms with E-state index < -0.39 is 15.1 Å². The minimum Gasteiger partial charge on any atom is -0.351 e. The average molecular weight is 457 g/mol. The van der Waals surface area contributed by atoms with E-state index in [1.165, 1.54) is 11.8 Å². The van der Waals surface area contributed by atoms with Gasteiger partial charge in [0.2, 0.25) is 5.91 Å². The molecule has 2 atom stereocenters. The molecule has 0 radical (unpaired) electrons. The SMILES string of the molecule is Cc1ccc(-n2c(SC(C)C(=O)NC3CCS(=O)(=O)C3)nnc2-c2ccccc2)cc1. The van der Waals surface area contributed by atoms with Crippen LogP contribution in [0.5, 0.6) is 0 Å². The van der Waals surface area contributed by atoms with Gasteiger partial charge in [0, 0.05) is 17.3 Å². The molecule has 1 N–H and O–H groups in total. The molecule has 3 aromatic rings. The molecule has 2 aromatic carbocycles. The number of nitrogens with one attached hydrogen (secondary N) is 1. The van der Waals surface area contributed by atoms with E-state index in [0.717, 1.165) is 16.8 Å². The van der Waals surface area contributed by atoms with E-state index in [1.54, 1.807) is 6.92 Å². The summed E-state index contributed by atoms with van der Waals surface area (Å²) in [6.45, 7) is 3.82. The summed E-state index contributed by atoms with van der Waals surface area (Å²) in [4.78, 5) is 12.7. The van der Waals surface area contributed by atoms with Crippen molar-refractivity contribution in [1.82, 2.24) is 20.1 Å². The van der Waals surface area contributed by atoms with Gasteiger partial charge < -0.3 is 5.32 Å². The van der Waals surface area contributed by atoms with E-state index in [4.69, 9.17) is 0 Å². The Morgan fingerprint density at radius 3 is 2.48 bits per heavy atom. The molecule has 0 bridgehead atoms. The van der Waals surface area contributed by atoms with Crippen molar-refractivity contribution >= 4 is 27.5 Å². The quantitative estimate of drug-likeness (QED) is 0.573. The number of carbonyl (C=O) groups is 1. The molecule has 1 aromatic heterocycles. The van der Waals surface area contributed by atoms with Crippen LogP contribution in [0, 0.1) is 6.92 Å². The number of sulfone groups is 1. The summed E-state index contributed by atoms with van der Waals surface area (Å²) in [7, 11) is -3.05. The van der Waals surface area contributed by atoms with Gasteiger partial charge in [0.15, 0.2) is 20.8 Å². The maximum Gasteiger partial charge on any atom is 0.233 e. The predicted molar refractivity (Wildman–Crippen MR) is 122 cm³/mol. The number of aromatic nitrogens is 3. The lowest BCUT2D eigenvalue weighted by Crippen LogP contribution is -2.40. The molecule has 1 fully saturated rings. The Morgan fingerprint density at radius 1 is 1.13 bits per heavy atom. The molecule has 9 heteroatoms. The number of rotatable bonds is 6. The normalized spacial score (nSPS) is 18.6. The molecule has 0 aliphatic carbocycles. The molecule has 0 spiro atoms. The summed E-state index contributed by atoms with van der Waals surface area (Å²) in [5, 5.41) is 11.8. The first-order chi connectivity index (χ1) is 14.8. The summed E-state index contributed by atoms with van der Waals surface area (Å²) >= 11 is 1.30. The van der Waals surface area contributed by atoms with Gasteiger partial charge >= 0.3 is 0 Å². The van der Waals surface area contributed by atoms with Crippen LogP contribution in [0.3, 0.4) is 0 Å². The van der Waals surface area contributed by atoms with Gasteiger partial charge in [0.25, 0.3) is 0 Å². The number of carbonyl (C=O) groups excluding carboxylic acids is 1. The van der Waals surface area contributed by atoms with E-state index in [2.05, 4.69) is 15.5 Å². The van der Waals surface area contributed by atoms with Crippen molar-refractivity contribution in [3.63, 3.8) is 0 Å². The second-order valence-corrected chi connectivity index (χ2v) is 11.2. The zero-order valence-electron chi connectivity index (χ0n) is 17.4. The monoisotopic (exact) mass is 456 g/mol. The molecule has 2 heterocycles. The van der Waals surface area contributed by atoms with Crippen molar-refractivity contribution in [2.45, 2.75) is 36.7 Å². The number of thioether (sulfide) groups is 1. The van der Waals surface area contributed by atoms with Gasteiger partial charge in [-0.1, -0.05) is 59.8 Å². The van der Waals surface area contributed by atoms with Gasteiger partial charge in [-0.3, -0.25) is 9.36 Å². The lowest BCUT2D eigenvalue weighted by atomic mass is 10.2. The first-order valence-corrected chi connectivity index (χ1v) is 12.8. The Kier molecular flexibility index (Phi) is 6.15. The Hall–Kier alpha value is -2.65. The lowest BCUT2D eigenvalue weighted by molar-refractivity contribution is -0.120. The number of benzene rings is 2. The standard InChI is InChI=1S/C22H24N4O3S2/c1-15-8-10-19(11-9-15)26-20(17-6-4-3-5-7-17)24-25-22(26)30-16(2)21(27)23-18-12-13-31(28,29)14-18/h3-11,16,18H,12-14H2,1-2H3,(H,23,27). The zero-order valence-corrected chi connectivity index (χ0v) is 19.0. The molecule has 2 unspecified atom stereocenters. The highest BCUT2D eigenvalue weighted by Gasteiger charge is 2.30. The summed E-state index contributed by atoms with van der Waals surface area (Å²) in [6.07, 6.45) is 0.461. The van der Waals surface area contributed by atoms with E-state index in [0.29, 0.717) is 17.4 Å². The van der Waals surface area contributed by atoms with Crippen LogP contribution in [0.4, 0.5) is 0 Å². The Labute approximate surface area is 186 Å². The van der Waals surface area contributed by atoms with E-state index >= 15 is 0 Å². The van der Waals surface area contributed by atoms with Gasteiger partial charge in [-0.05, 0) is 32.4 Å². The van der Waals surface area contributed by atoms with Crippen LogP contribution in [0.1, 0.15) is 18.9 Å². The second-order valence-electron chi connectivity index (χ2n) is 7.71. The van der Waals surface area contributed by atoms with Crippen LogP contribution in [0.15, 0.2) is 59.8 Å². The molecule has 162 valence electrons. The highest BCUT2D eigenvalue weighted by atomic mass is 32.2. The van der Waals surface area contributed by atoms with Gasteiger partial charge in [0.1, 0.15) is 0 Å². The van der Waals surface area contributed by atoms with Crippen molar-refractivity contribution < 1.29 is 13.2 Å². The van der Waals surface area contributed by atoms with Gasteiger partial charge in [-0.2, -0.15) is 0 Å². The number of amides is 1. The fourth-order valence-corrected chi connectivity index (χ4v) is 6.04. The van der Waals surface area contributed by atoms with E-state index in [9.17, 15) is 13.2 Å². The Bertz CT molecular complexity index is 1180. The average Bonchev–Trinajstić information content (AvgIpc) is 3.31. The van der Waals surface area contributed by atoms with Crippen LogP contribution < -0.4 is 5.32 Å². The largest absolute Gasteiger partial charge is 0.351 e. The molecular weight excluding hydrogens is 432 g/mol. The van der Waals surface area contributed by atoms with E-state index in [1.807, 2.05) is 66.1 Å². The summed E-state index contributed by atoms with van der Waals surface area (Å²) in [6, 6.07) is 17.5. The third-order valence-electron chi connectivity index (χ3n) is 5.19. The van der Waals surface area contributed by atoms with Crippen molar-refractivity contribution in [1.29, 1.82) is 0 Å². The number of hydrogen-bond donors (Lipinski definition) is 1. The van der Waals surface area contributed by atoms with E-state index in [-0.39, 0.29) is 23.5 Å². The molecule has 1 saturated heterocycles. The molecule has 1 amide bonds. The molecule has 31 heavy (non-hydrogen) atoms. The predicted octanol–water partition coefficient (Wildman–Crippen LogP) is 3.03. The van der Waals surface area contributed by atoms with Crippen molar-refractivity contribution in [3.05, 3.63) is 60.2 Å².